The van der Waals surface area contributed by atoms with Crippen molar-refractivity contribution in [1.29, 1.82) is 0 Å². The van der Waals surface area contributed by atoms with Crippen LogP contribution in [0, 0.1) is 17.3 Å². The van der Waals surface area contributed by atoms with Crippen LogP contribution in [0.15, 0.2) is 0 Å². The molecule has 0 amide bonds. The van der Waals surface area contributed by atoms with Crippen molar-refractivity contribution in [3.63, 3.8) is 0 Å². The number of carbonyl (C=O) groups excluding carboxylic acids is 1. The van der Waals surface area contributed by atoms with Crippen LogP contribution in [-0.2, 0) is 9.53 Å². The first-order valence-corrected chi connectivity index (χ1v) is 5.35. The average molecular weight is 180 g/mol. The fourth-order valence-corrected chi connectivity index (χ4v) is 4.28. The molecule has 0 aromatic rings. The Morgan fingerprint density at radius 1 is 1.46 bits per heavy atom. The molecule has 0 radical (unpaired) electrons. The molecule has 4 aliphatic rings. The molecule has 4 saturated carbocycles. The molecule has 0 aromatic carbocycles. The van der Waals surface area contributed by atoms with Gasteiger partial charge in [-0.05, 0) is 31.6 Å². The molecule has 2 bridgehead atoms. The van der Waals surface area contributed by atoms with Gasteiger partial charge in [-0.2, -0.15) is 0 Å². The first-order valence-electron chi connectivity index (χ1n) is 5.35. The number of hydrogen-bond acceptors (Lipinski definition) is 2. The molecule has 0 saturated heterocycles. The van der Waals surface area contributed by atoms with Gasteiger partial charge in [-0.15, -0.1) is 0 Å². The van der Waals surface area contributed by atoms with E-state index in [-0.39, 0.29) is 0 Å². The molecule has 1 spiro atoms. The van der Waals surface area contributed by atoms with Gasteiger partial charge in [-0.3, -0.25) is 4.79 Å². The highest BCUT2D eigenvalue weighted by Crippen LogP contribution is 2.68. The summed E-state index contributed by atoms with van der Waals surface area (Å²) in [6.07, 6.45) is 6.06. The highest BCUT2D eigenvalue weighted by molar-refractivity contribution is 5.85. The van der Waals surface area contributed by atoms with Gasteiger partial charge in [-0.1, -0.05) is 0 Å². The van der Waals surface area contributed by atoms with E-state index in [0.717, 1.165) is 12.8 Å². The Bertz CT molecular complexity index is 261. The summed E-state index contributed by atoms with van der Waals surface area (Å²) in [7, 11) is 1.81. The second-order valence-corrected chi connectivity index (χ2v) is 4.89. The Labute approximate surface area is 78.6 Å². The van der Waals surface area contributed by atoms with Crippen molar-refractivity contribution in [2.24, 2.45) is 17.3 Å². The summed E-state index contributed by atoms with van der Waals surface area (Å²) >= 11 is 0. The molecule has 0 aliphatic heterocycles. The normalized spacial score (nSPS) is 53.0. The quantitative estimate of drug-likeness (QED) is 0.615. The molecular formula is C11H16O2. The van der Waals surface area contributed by atoms with Crippen LogP contribution in [0.2, 0.25) is 0 Å². The van der Waals surface area contributed by atoms with E-state index >= 15 is 0 Å². The van der Waals surface area contributed by atoms with Gasteiger partial charge in [0, 0.05) is 24.9 Å². The second-order valence-electron chi connectivity index (χ2n) is 4.89. The minimum Gasteiger partial charge on any atom is -0.381 e. The third kappa shape index (κ3) is 0.723. The van der Waals surface area contributed by atoms with Crippen LogP contribution >= 0.6 is 0 Å². The second kappa shape index (κ2) is 2.35. The van der Waals surface area contributed by atoms with Crippen molar-refractivity contribution in [2.45, 2.75) is 38.2 Å². The summed E-state index contributed by atoms with van der Waals surface area (Å²) in [4.78, 5) is 11.7. The van der Waals surface area contributed by atoms with Gasteiger partial charge in [0.05, 0.1) is 6.10 Å². The zero-order valence-corrected chi connectivity index (χ0v) is 8.08. The smallest absolute Gasteiger partial charge is 0.137 e. The van der Waals surface area contributed by atoms with Gasteiger partial charge in [0.1, 0.15) is 5.78 Å². The lowest BCUT2D eigenvalue weighted by Crippen LogP contribution is -2.60. The molecular weight excluding hydrogens is 164 g/mol. The number of rotatable bonds is 1. The van der Waals surface area contributed by atoms with E-state index in [2.05, 4.69) is 0 Å². The van der Waals surface area contributed by atoms with E-state index in [1.54, 1.807) is 7.11 Å². The Morgan fingerprint density at radius 3 is 3.08 bits per heavy atom. The molecule has 4 aliphatic carbocycles. The molecule has 13 heavy (non-hydrogen) atoms. The lowest BCUT2D eigenvalue weighted by molar-refractivity contribution is -0.178. The van der Waals surface area contributed by atoms with Gasteiger partial charge < -0.3 is 4.74 Å². The summed E-state index contributed by atoms with van der Waals surface area (Å²) in [5.74, 6) is 1.51. The van der Waals surface area contributed by atoms with Gasteiger partial charge in [0.15, 0.2) is 0 Å². The Hall–Kier alpha value is -0.370. The van der Waals surface area contributed by atoms with Gasteiger partial charge in [0.2, 0.25) is 0 Å². The topological polar surface area (TPSA) is 26.3 Å². The summed E-state index contributed by atoms with van der Waals surface area (Å²) in [5.41, 5.74) is 0.300. The molecule has 2 heteroatoms. The standard InChI is InChI=1S/C11H16O2/c1-13-10-7-4-6-11(10)5-2-3-8(12)9(7)11/h7,9-10H,2-6H2,1H3. The van der Waals surface area contributed by atoms with Crippen LogP contribution < -0.4 is 0 Å². The van der Waals surface area contributed by atoms with E-state index in [1.807, 2.05) is 0 Å². The maximum Gasteiger partial charge on any atom is 0.137 e. The minimum absolute atomic E-state index is 0.300. The third-order valence-electron chi connectivity index (χ3n) is 4.61. The summed E-state index contributed by atoms with van der Waals surface area (Å²) < 4.78 is 5.53. The van der Waals surface area contributed by atoms with Crippen molar-refractivity contribution >= 4 is 5.78 Å². The zero-order chi connectivity index (χ0) is 9.05. The van der Waals surface area contributed by atoms with Crippen LogP contribution in [0.3, 0.4) is 0 Å². The largest absolute Gasteiger partial charge is 0.381 e. The van der Waals surface area contributed by atoms with Gasteiger partial charge in [-0.25, -0.2) is 0 Å². The molecule has 72 valence electrons. The van der Waals surface area contributed by atoms with Crippen molar-refractivity contribution in [3.05, 3.63) is 0 Å². The number of ether oxygens (including phenoxy) is 1. The van der Waals surface area contributed by atoms with E-state index in [4.69, 9.17) is 4.74 Å². The number of carbonyl (C=O) groups is 1. The zero-order valence-electron chi connectivity index (χ0n) is 8.08. The highest BCUT2D eigenvalue weighted by atomic mass is 16.5. The lowest BCUT2D eigenvalue weighted by atomic mass is 9.51. The molecule has 2 nitrogen and oxygen atoms in total. The van der Waals surface area contributed by atoms with E-state index in [9.17, 15) is 4.79 Å². The summed E-state index contributed by atoms with van der Waals surface area (Å²) in [6.45, 7) is 0. The van der Waals surface area contributed by atoms with Gasteiger partial charge >= 0.3 is 0 Å². The number of methoxy groups -OCH3 is 1. The fraction of sp³-hybridized carbons (Fsp3) is 0.909. The first-order chi connectivity index (χ1) is 6.29. The molecule has 4 unspecified atom stereocenters. The number of fused-ring (bicyclic) bond motifs is 1. The molecule has 4 rings (SSSR count). The fourth-order valence-electron chi connectivity index (χ4n) is 4.28. The molecule has 0 aromatic heterocycles. The van der Waals surface area contributed by atoms with Crippen molar-refractivity contribution in [2.75, 3.05) is 7.11 Å². The summed E-state index contributed by atoms with van der Waals surface area (Å²) in [6, 6.07) is 0. The Kier molecular flexibility index (Phi) is 1.44. The molecule has 4 atom stereocenters. The predicted molar refractivity (Wildman–Crippen MR) is 48.3 cm³/mol. The van der Waals surface area contributed by atoms with Crippen molar-refractivity contribution in [1.82, 2.24) is 0 Å². The number of Topliss-reactive ketones (excluding diaryl/α,β-unsaturated/α-hetero) is 1. The Balaban J connectivity index is 1.95. The van der Waals surface area contributed by atoms with Crippen molar-refractivity contribution in [3.8, 4) is 0 Å². The van der Waals surface area contributed by atoms with Crippen LogP contribution in [0.5, 0.6) is 0 Å². The minimum atomic E-state index is 0.300. The lowest BCUT2D eigenvalue weighted by Gasteiger charge is -2.55. The third-order valence-corrected chi connectivity index (χ3v) is 4.61. The van der Waals surface area contributed by atoms with Crippen LogP contribution in [0.4, 0.5) is 0 Å². The first kappa shape index (κ1) is 7.98. The number of ketones is 1. The Morgan fingerprint density at radius 2 is 2.31 bits per heavy atom. The maximum atomic E-state index is 11.7. The molecule has 4 fully saturated rings. The average Bonchev–Trinajstić information content (AvgIpc) is 2.61. The number of hydrogen-bond donors (Lipinski definition) is 0. The molecule has 0 N–H and O–H groups in total. The van der Waals surface area contributed by atoms with Crippen LogP contribution in [0.1, 0.15) is 32.1 Å². The van der Waals surface area contributed by atoms with E-state index in [0.29, 0.717) is 29.1 Å². The molecule has 0 heterocycles. The summed E-state index contributed by atoms with van der Waals surface area (Å²) in [5, 5.41) is 0. The van der Waals surface area contributed by atoms with Crippen LogP contribution in [0.25, 0.3) is 0 Å². The monoisotopic (exact) mass is 180 g/mol. The predicted octanol–water partition coefficient (Wildman–Crippen LogP) is 1.78. The SMILES string of the molecule is COC1C2CCC13CCCC(=O)C23. The highest BCUT2D eigenvalue weighted by Gasteiger charge is 2.69. The van der Waals surface area contributed by atoms with Crippen molar-refractivity contribution < 1.29 is 9.53 Å². The van der Waals surface area contributed by atoms with E-state index in [1.165, 1.54) is 19.3 Å². The van der Waals surface area contributed by atoms with Gasteiger partial charge in [0.25, 0.3) is 0 Å². The van der Waals surface area contributed by atoms with E-state index < -0.39 is 0 Å². The maximum absolute atomic E-state index is 11.7. The van der Waals surface area contributed by atoms with Crippen LogP contribution in [-0.4, -0.2) is 19.0 Å².